The van der Waals surface area contributed by atoms with E-state index in [2.05, 4.69) is 20.1 Å². The lowest BCUT2D eigenvalue weighted by Gasteiger charge is -2.33. The first-order chi connectivity index (χ1) is 15.3. The first kappa shape index (κ1) is 20.3. The van der Waals surface area contributed by atoms with Gasteiger partial charge in [0.25, 0.3) is 12.3 Å². The Labute approximate surface area is 180 Å². The van der Waals surface area contributed by atoms with Crippen molar-refractivity contribution in [2.24, 2.45) is 0 Å². The molecule has 5 heterocycles. The van der Waals surface area contributed by atoms with E-state index in [0.717, 1.165) is 16.9 Å². The SMILES string of the molecule is Cc1cccc2cc([C@@H]3c4nc[nH]c4CCN3C(=O)c3oc(C(C)O)nc3C(F)F)nn12. The number of rotatable bonds is 4. The summed E-state index contributed by atoms with van der Waals surface area (Å²) < 4.78 is 34.3. The highest BCUT2D eigenvalue weighted by atomic mass is 19.3. The summed E-state index contributed by atoms with van der Waals surface area (Å²) in [5.41, 5.74) is 2.95. The topological polar surface area (TPSA) is 113 Å². The summed E-state index contributed by atoms with van der Waals surface area (Å²) in [5.74, 6) is -1.67. The number of oxazole rings is 1. The molecule has 2 N–H and O–H groups in total. The second-order valence-corrected chi connectivity index (χ2v) is 7.73. The number of pyridine rings is 1. The second-order valence-electron chi connectivity index (χ2n) is 7.73. The Morgan fingerprint density at radius 3 is 2.91 bits per heavy atom. The maximum absolute atomic E-state index is 13.6. The van der Waals surface area contributed by atoms with Crippen LogP contribution in [0.15, 0.2) is 35.0 Å². The molecule has 0 radical (unpaired) electrons. The summed E-state index contributed by atoms with van der Waals surface area (Å²) in [7, 11) is 0. The minimum absolute atomic E-state index is 0.235. The highest BCUT2D eigenvalue weighted by Gasteiger charge is 2.40. The van der Waals surface area contributed by atoms with Crippen LogP contribution in [-0.2, 0) is 6.42 Å². The summed E-state index contributed by atoms with van der Waals surface area (Å²) in [6.45, 7) is 3.47. The molecule has 0 fully saturated rings. The Hall–Kier alpha value is -3.60. The molecule has 4 aromatic rings. The zero-order valence-corrected chi connectivity index (χ0v) is 17.3. The van der Waals surface area contributed by atoms with Crippen LogP contribution in [0.5, 0.6) is 0 Å². The predicted octanol–water partition coefficient (Wildman–Crippen LogP) is 3.13. The van der Waals surface area contributed by atoms with E-state index in [-0.39, 0.29) is 12.4 Å². The number of aryl methyl sites for hydroxylation is 1. The Morgan fingerprint density at radius 1 is 1.38 bits per heavy atom. The zero-order valence-electron chi connectivity index (χ0n) is 17.3. The van der Waals surface area contributed by atoms with Crippen molar-refractivity contribution in [3.63, 3.8) is 0 Å². The van der Waals surface area contributed by atoms with Gasteiger partial charge in [0.2, 0.25) is 11.7 Å². The first-order valence-electron chi connectivity index (χ1n) is 10.1. The number of hydrogen-bond donors (Lipinski definition) is 2. The number of fused-ring (bicyclic) bond motifs is 2. The molecule has 2 atom stereocenters. The molecule has 9 nitrogen and oxygen atoms in total. The summed E-state index contributed by atoms with van der Waals surface area (Å²) in [5, 5.41) is 14.4. The summed E-state index contributed by atoms with van der Waals surface area (Å²) in [6.07, 6.45) is -2.26. The highest BCUT2D eigenvalue weighted by Crippen LogP contribution is 2.36. The molecule has 0 saturated heterocycles. The standard InChI is InChI=1S/C21H20F2N6O3/c1-10-4-3-5-12-8-14(27-29(10)12)17-15-13(24-9-25-15)6-7-28(17)21(31)18-16(19(22)23)26-20(32-18)11(2)30/h3-5,8-9,11,17,19,30H,6-7H2,1-2H3,(H,24,25)/t11?,17-/m1/s1. The third-order valence-corrected chi connectivity index (χ3v) is 5.59. The van der Waals surface area contributed by atoms with Crippen molar-refractivity contribution in [2.45, 2.75) is 38.8 Å². The van der Waals surface area contributed by atoms with Gasteiger partial charge in [-0.15, -0.1) is 0 Å². The van der Waals surface area contributed by atoms with Crippen LogP contribution in [0.2, 0.25) is 0 Å². The number of amides is 1. The van der Waals surface area contributed by atoms with Gasteiger partial charge in [0, 0.05) is 24.4 Å². The molecule has 0 aromatic carbocycles. The fraction of sp³-hybridized carbons (Fsp3) is 0.333. The second kappa shape index (κ2) is 7.52. The Balaban J connectivity index is 1.63. The van der Waals surface area contributed by atoms with E-state index in [0.29, 0.717) is 17.8 Å². The van der Waals surface area contributed by atoms with Gasteiger partial charge >= 0.3 is 0 Å². The van der Waals surface area contributed by atoms with Crippen LogP contribution in [0.1, 0.15) is 70.4 Å². The van der Waals surface area contributed by atoms with E-state index < -0.39 is 35.9 Å². The number of carbonyl (C=O) groups is 1. The molecule has 0 saturated carbocycles. The van der Waals surface area contributed by atoms with Gasteiger partial charge in [0.05, 0.1) is 23.2 Å². The van der Waals surface area contributed by atoms with Crippen molar-refractivity contribution >= 4 is 11.4 Å². The monoisotopic (exact) mass is 442 g/mol. The van der Waals surface area contributed by atoms with Gasteiger partial charge in [-0.1, -0.05) is 6.07 Å². The van der Waals surface area contributed by atoms with E-state index in [1.807, 2.05) is 31.2 Å². The van der Waals surface area contributed by atoms with Crippen LogP contribution in [0, 0.1) is 6.92 Å². The van der Waals surface area contributed by atoms with E-state index in [1.165, 1.54) is 18.2 Å². The fourth-order valence-electron chi connectivity index (χ4n) is 4.06. The van der Waals surface area contributed by atoms with Gasteiger partial charge in [0.1, 0.15) is 12.1 Å². The van der Waals surface area contributed by atoms with E-state index in [1.54, 1.807) is 4.52 Å². The molecule has 4 aromatic heterocycles. The lowest BCUT2D eigenvalue weighted by atomic mass is 9.99. The predicted molar refractivity (Wildman–Crippen MR) is 107 cm³/mol. The molecule has 0 spiro atoms. The number of alkyl halides is 2. The van der Waals surface area contributed by atoms with Gasteiger partial charge in [-0.2, -0.15) is 5.10 Å². The van der Waals surface area contributed by atoms with Gasteiger partial charge in [-0.05, 0) is 32.0 Å². The van der Waals surface area contributed by atoms with E-state index >= 15 is 0 Å². The quantitative estimate of drug-likeness (QED) is 0.502. The van der Waals surface area contributed by atoms with Crippen molar-refractivity contribution in [1.29, 1.82) is 0 Å². The third-order valence-electron chi connectivity index (χ3n) is 5.59. The van der Waals surface area contributed by atoms with Crippen molar-refractivity contribution in [3.05, 3.63) is 70.7 Å². The van der Waals surface area contributed by atoms with Crippen LogP contribution < -0.4 is 0 Å². The molecule has 1 amide bonds. The third kappa shape index (κ3) is 3.16. The number of aliphatic hydroxyl groups is 1. The molecule has 5 rings (SSSR count). The van der Waals surface area contributed by atoms with Crippen molar-refractivity contribution < 1.29 is 23.1 Å². The summed E-state index contributed by atoms with van der Waals surface area (Å²) in [6, 6.07) is 6.85. The smallest absolute Gasteiger partial charge is 0.292 e. The summed E-state index contributed by atoms with van der Waals surface area (Å²) >= 11 is 0. The Morgan fingerprint density at radius 2 is 2.19 bits per heavy atom. The zero-order chi connectivity index (χ0) is 22.6. The van der Waals surface area contributed by atoms with E-state index in [9.17, 15) is 18.7 Å². The number of aromatic nitrogens is 5. The molecule has 0 bridgehead atoms. The van der Waals surface area contributed by atoms with Gasteiger partial charge < -0.3 is 19.4 Å². The maximum Gasteiger partial charge on any atom is 0.292 e. The molecule has 11 heteroatoms. The molecular formula is C21H20F2N6O3. The van der Waals surface area contributed by atoms with E-state index in [4.69, 9.17) is 4.42 Å². The van der Waals surface area contributed by atoms with Crippen molar-refractivity contribution in [2.75, 3.05) is 6.54 Å². The van der Waals surface area contributed by atoms with Gasteiger partial charge in [-0.3, -0.25) is 4.79 Å². The Kier molecular flexibility index (Phi) is 4.77. The van der Waals surface area contributed by atoms with Crippen molar-refractivity contribution in [1.82, 2.24) is 29.5 Å². The number of H-pyrrole nitrogens is 1. The van der Waals surface area contributed by atoms with Gasteiger partial charge in [-0.25, -0.2) is 23.3 Å². The molecule has 1 unspecified atom stereocenters. The molecule has 32 heavy (non-hydrogen) atoms. The minimum Gasteiger partial charge on any atom is -0.432 e. The number of nitrogens with one attached hydrogen (secondary N) is 1. The lowest BCUT2D eigenvalue weighted by Crippen LogP contribution is -2.41. The van der Waals surface area contributed by atoms with Crippen LogP contribution in [0.3, 0.4) is 0 Å². The largest absolute Gasteiger partial charge is 0.432 e. The van der Waals surface area contributed by atoms with Crippen LogP contribution in [-0.4, -0.2) is 47.0 Å². The summed E-state index contributed by atoms with van der Waals surface area (Å²) in [4.78, 5) is 26.0. The number of aromatic amines is 1. The number of hydrogen-bond acceptors (Lipinski definition) is 6. The van der Waals surface area contributed by atoms with Crippen LogP contribution >= 0.6 is 0 Å². The average molecular weight is 442 g/mol. The number of carbonyl (C=O) groups excluding carboxylic acids is 1. The molecule has 0 aliphatic carbocycles. The number of aliphatic hydroxyl groups excluding tert-OH is 1. The molecule has 1 aliphatic heterocycles. The first-order valence-corrected chi connectivity index (χ1v) is 10.1. The van der Waals surface area contributed by atoms with Crippen LogP contribution in [0.4, 0.5) is 8.78 Å². The normalized spacial score (nSPS) is 17.2. The molecule has 1 aliphatic rings. The van der Waals surface area contributed by atoms with Gasteiger partial charge in [0.15, 0.2) is 5.69 Å². The lowest BCUT2D eigenvalue weighted by molar-refractivity contribution is 0.0631. The van der Waals surface area contributed by atoms with Crippen LogP contribution in [0.25, 0.3) is 5.52 Å². The average Bonchev–Trinajstić information content (AvgIpc) is 3.49. The highest BCUT2D eigenvalue weighted by molar-refractivity contribution is 5.93. The number of halogens is 2. The molecule has 166 valence electrons. The minimum atomic E-state index is -3.03. The number of imidazole rings is 1. The Bertz CT molecular complexity index is 1310. The number of nitrogens with zero attached hydrogens (tertiary/aromatic N) is 5. The fourth-order valence-corrected chi connectivity index (χ4v) is 4.06. The maximum atomic E-state index is 13.6. The molecular weight excluding hydrogens is 422 g/mol. The van der Waals surface area contributed by atoms with Crippen molar-refractivity contribution in [3.8, 4) is 0 Å².